The Kier molecular flexibility index (Phi) is 5.15. The third-order valence-corrected chi connectivity index (χ3v) is 4.15. The summed E-state index contributed by atoms with van der Waals surface area (Å²) in [4.78, 5) is 13.1. The zero-order valence-corrected chi connectivity index (χ0v) is 12.9. The Bertz CT molecular complexity index is 707. The molecule has 2 rings (SSSR count). The number of amides is 1. The van der Waals surface area contributed by atoms with Crippen LogP contribution in [0.1, 0.15) is 31.9 Å². The largest absolute Gasteiger partial charge is 0.384 e. The van der Waals surface area contributed by atoms with Gasteiger partial charge in [-0.3, -0.25) is 4.79 Å². The number of aliphatic hydroxyl groups excluding tert-OH is 1. The van der Waals surface area contributed by atoms with E-state index in [0.717, 1.165) is 16.0 Å². The maximum Gasteiger partial charge on any atom is 0.251 e. The summed E-state index contributed by atoms with van der Waals surface area (Å²) in [5.74, 6) is 5.42. The van der Waals surface area contributed by atoms with Crippen LogP contribution >= 0.6 is 11.3 Å². The van der Waals surface area contributed by atoms with Crippen LogP contribution in [0.15, 0.2) is 29.6 Å². The number of carbonyl (C=O) groups is 1. The van der Waals surface area contributed by atoms with Crippen LogP contribution < -0.4 is 5.32 Å². The molecule has 0 unspecified atom stereocenters. The molecular formula is C17H17NO2S. The monoisotopic (exact) mass is 299 g/mol. The lowest BCUT2D eigenvalue weighted by atomic mass is 10.1. The number of hydrogen-bond acceptors (Lipinski definition) is 3. The summed E-state index contributed by atoms with van der Waals surface area (Å²) in [7, 11) is 0. The van der Waals surface area contributed by atoms with Gasteiger partial charge in [0, 0.05) is 16.0 Å². The molecule has 0 fully saturated rings. The summed E-state index contributed by atoms with van der Waals surface area (Å²) in [5, 5.41) is 13.6. The van der Waals surface area contributed by atoms with Gasteiger partial charge < -0.3 is 10.4 Å². The molecule has 4 heteroatoms. The van der Waals surface area contributed by atoms with Gasteiger partial charge in [-0.25, -0.2) is 0 Å². The van der Waals surface area contributed by atoms with Crippen LogP contribution in [0.25, 0.3) is 0 Å². The molecule has 1 aromatic carbocycles. The number of aliphatic hydroxyl groups is 1. The molecule has 0 bridgehead atoms. The van der Waals surface area contributed by atoms with E-state index in [1.54, 1.807) is 11.3 Å². The van der Waals surface area contributed by atoms with E-state index in [2.05, 4.69) is 17.2 Å². The zero-order valence-electron chi connectivity index (χ0n) is 12.1. The first-order valence-electron chi connectivity index (χ1n) is 6.63. The van der Waals surface area contributed by atoms with E-state index in [4.69, 9.17) is 5.11 Å². The van der Waals surface area contributed by atoms with Gasteiger partial charge in [-0.1, -0.05) is 17.9 Å². The molecule has 1 amide bonds. The molecule has 1 aromatic heterocycles. The average molecular weight is 299 g/mol. The third-order valence-electron chi connectivity index (χ3n) is 3.23. The molecule has 2 N–H and O–H groups in total. The second-order valence-electron chi connectivity index (χ2n) is 4.70. The highest BCUT2D eigenvalue weighted by atomic mass is 32.1. The van der Waals surface area contributed by atoms with Gasteiger partial charge in [0.2, 0.25) is 0 Å². The molecule has 3 nitrogen and oxygen atoms in total. The van der Waals surface area contributed by atoms with E-state index in [1.165, 1.54) is 5.56 Å². The number of aryl methyl sites for hydroxylation is 2. The van der Waals surface area contributed by atoms with Gasteiger partial charge in [-0.2, -0.15) is 0 Å². The standard InChI is InChI=1S/C17H17NO2S/c1-12-5-6-15(10-13(12)2)17(20)18-11-16-14(4-3-8-19)7-9-21-16/h5-7,9-10,19H,8,11H2,1-2H3,(H,18,20). The minimum atomic E-state index is -0.162. The van der Waals surface area contributed by atoms with E-state index in [9.17, 15) is 4.79 Å². The first-order chi connectivity index (χ1) is 10.1. The van der Waals surface area contributed by atoms with Crippen molar-refractivity contribution in [3.8, 4) is 11.8 Å². The number of rotatable bonds is 3. The van der Waals surface area contributed by atoms with Crippen molar-refractivity contribution in [3.63, 3.8) is 0 Å². The third kappa shape index (κ3) is 3.94. The van der Waals surface area contributed by atoms with Gasteiger partial charge in [0.1, 0.15) is 6.61 Å². The molecule has 0 radical (unpaired) electrons. The quantitative estimate of drug-likeness (QED) is 0.856. The van der Waals surface area contributed by atoms with Crippen LogP contribution in [0.4, 0.5) is 0 Å². The summed E-state index contributed by atoms with van der Waals surface area (Å²) in [6, 6.07) is 7.57. The second kappa shape index (κ2) is 7.07. The average Bonchev–Trinajstić information content (AvgIpc) is 2.92. The number of thiophene rings is 1. The van der Waals surface area contributed by atoms with Crippen molar-refractivity contribution in [1.82, 2.24) is 5.32 Å². The van der Waals surface area contributed by atoms with Gasteiger partial charge in [0.15, 0.2) is 0 Å². The van der Waals surface area contributed by atoms with E-state index < -0.39 is 0 Å². The molecule has 21 heavy (non-hydrogen) atoms. The van der Waals surface area contributed by atoms with Crippen molar-refractivity contribution in [2.75, 3.05) is 6.61 Å². The van der Waals surface area contributed by atoms with Crippen molar-refractivity contribution < 1.29 is 9.90 Å². The molecule has 0 spiro atoms. The molecule has 1 heterocycles. The van der Waals surface area contributed by atoms with Crippen LogP contribution in [0.3, 0.4) is 0 Å². The Morgan fingerprint density at radius 2 is 2.10 bits per heavy atom. The molecule has 0 atom stereocenters. The maximum atomic E-state index is 12.1. The SMILES string of the molecule is Cc1ccc(C(=O)NCc2sccc2C#CCO)cc1C. The summed E-state index contributed by atoms with van der Waals surface area (Å²) >= 11 is 1.54. The minimum Gasteiger partial charge on any atom is -0.384 e. The minimum absolute atomic E-state index is 0.0902. The van der Waals surface area contributed by atoms with Crippen LogP contribution in [0, 0.1) is 25.7 Å². The van der Waals surface area contributed by atoms with Crippen LogP contribution in [0.5, 0.6) is 0 Å². The summed E-state index contributed by atoms with van der Waals surface area (Å²) in [6.07, 6.45) is 0. The van der Waals surface area contributed by atoms with Crippen molar-refractivity contribution in [3.05, 3.63) is 56.8 Å². The van der Waals surface area contributed by atoms with Crippen LogP contribution in [-0.4, -0.2) is 17.6 Å². The molecule has 2 aromatic rings. The Hall–Kier alpha value is -2.09. The van der Waals surface area contributed by atoms with Gasteiger partial charge in [-0.15, -0.1) is 11.3 Å². The zero-order chi connectivity index (χ0) is 15.2. The van der Waals surface area contributed by atoms with Crippen LogP contribution in [0.2, 0.25) is 0 Å². The normalized spacial score (nSPS) is 9.86. The predicted molar refractivity (Wildman–Crippen MR) is 85.4 cm³/mol. The number of nitrogens with one attached hydrogen (secondary N) is 1. The lowest BCUT2D eigenvalue weighted by Crippen LogP contribution is -2.22. The first kappa shape index (κ1) is 15.3. The Morgan fingerprint density at radius 1 is 1.29 bits per heavy atom. The Labute approximate surface area is 128 Å². The fourth-order valence-electron chi connectivity index (χ4n) is 1.87. The van der Waals surface area contributed by atoms with Crippen molar-refractivity contribution in [1.29, 1.82) is 0 Å². The van der Waals surface area contributed by atoms with Gasteiger partial charge in [0.25, 0.3) is 5.91 Å². The molecule has 0 saturated heterocycles. The lowest BCUT2D eigenvalue weighted by Gasteiger charge is -2.06. The van der Waals surface area contributed by atoms with E-state index in [1.807, 2.05) is 43.5 Å². The van der Waals surface area contributed by atoms with E-state index in [0.29, 0.717) is 12.1 Å². The summed E-state index contributed by atoms with van der Waals surface area (Å²) in [5.41, 5.74) is 3.80. The summed E-state index contributed by atoms with van der Waals surface area (Å²) in [6.45, 7) is 4.30. The fraction of sp³-hybridized carbons (Fsp3) is 0.235. The fourth-order valence-corrected chi connectivity index (χ4v) is 2.64. The van der Waals surface area contributed by atoms with Gasteiger partial charge in [0.05, 0.1) is 6.54 Å². The topological polar surface area (TPSA) is 49.3 Å². The smallest absolute Gasteiger partial charge is 0.251 e. The molecule has 0 aliphatic carbocycles. The highest BCUT2D eigenvalue weighted by Crippen LogP contribution is 2.16. The molecule has 0 saturated carbocycles. The van der Waals surface area contributed by atoms with Crippen molar-refractivity contribution in [2.45, 2.75) is 20.4 Å². The van der Waals surface area contributed by atoms with Gasteiger partial charge in [-0.05, 0) is 48.6 Å². The van der Waals surface area contributed by atoms with E-state index >= 15 is 0 Å². The molecule has 108 valence electrons. The first-order valence-corrected chi connectivity index (χ1v) is 7.51. The maximum absolute atomic E-state index is 12.1. The molecular weight excluding hydrogens is 282 g/mol. The predicted octanol–water partition coefficient (Wildman–Crippen LogP) is 2.64. The highest BCUT2D eigenvalue weighted by Gasteiger charge is 2.08. The van der Waals surface area contributed by atoms with Gasteiger partial charge >= 0.3 is 0 Å². The lowest BCUT2D eigenvalue weighted by molar-refractivity contribution is 0.0951. The van der Waals surface area contributed by atoms with Crippen molar-refractivity contribution in [2.24, 2.45) is 0 Å². The molecule has 0 aliphatic heterocycles. The van der Waals surface area contributed by atoms with Crippen LogP contribution in [-0.2, 0) is 6.54 Å². The number of carbonyl (C=O) groups excluding carboxylic acids is 1. The second-order valence-corrected chi connectivity index (χ2v) is 5.70. The molecule has 0 aliphatic rings. The number of hydrogen-bond donors (Lipinski definition) is 2. The Morgan fingerprint density at radius 3 is 2.81 bits per heavy atom. The van der Waals surface area contributed by atoms with Crippen molar-refractivity contribution >= 4 is 17.2 Å². The highest BCUT2D eigenvalue weighted by molar-refractivity contribution is 7.10. The Balaban J connectivity index is 2.04. The summed E-state index contributed by atoms with van der Waals surface area (Å²) < 4.78 is 0. The number of benzene rings is 1. The van der Waals surface area contributed by atoms with E-state index in [-0.39, 0.29) is 12.5 Å².